The Morgan fingerprint density at radius 3 is 2.92 bits per heavy atom. The molecule has 3 nitrogen and oxygen atoms in total. The van der Waals surface area contributed by atoms with E-state index in [-0.39, 0.29) is 22.6 Å². The Bertz CT molecular complexity index is 382. The molecule has 1 aromatic heterocycles. The first-order chi connectivity index (χ1) is 6.19. The van der Waals surface area contributed by atoms with Crippen molar-refractivity contribution in [3.8, 4) is 6.07 Å². The minimum absolute atomic E-state index is 0.0986. The third-order valence-electron chi connectivity index (χ3n) is 1.57. The summed E-state index contributed by atoms with van der Waals surface area (Å²) >= 11 is 0. The molecule has 0 aliphatic heterocycles. The fourth-order valence-electron chi connectivity index (χ4n) is 0.990. The molecule has 0 bridgehead atoms. The Morgan fingerprint density at radius 1 is 1.77 bits per heavy atom. The zero-order chi connectivity index (χ0) is 9.84. The number of ketones is 1. The van der Waals surface area contributed by atoms with Crippen molar-refractivity contribution in [2.24, 2.45) is 0 Å². The van der Waals surface area contributed by atoms with Gasteiger partial charge in [0, 0.05) is 18.7 Å². The Labute approximate surface area is 74.8 Å². The Hall–Kier alpha value is -1.76. The maximum atomic E-state index is 12.4. The first-order valence-electron chi connectivity index (χ1n) is 3.65. The van der Waals surface area contributed by atoms with Crippen LogP contribution in [0, 0.1) is 11.3 Å². The van der Waals surface area contributed by atoms with Gasteiger partial charge in [0.2, 0.25) is 0 Å². The number of alkyl halides is 1. The number of carbonyl (C=O) groups is 1. The summed E-state index contributed by atoms with van der Waals surface area (Å²) in [4.78, 5) is 14.6. The summed E-state index contributed by atoms with van der Waals surface area (Å²) in [6.07, 6.45) is 1.26. The van der Waals surface area contributed by atoms with Crippen molar-refractivity contribution >= 4 is 5.78 Å². The summed E-state index contributed by atoms with van der Waals surface area (Å²) in [5.74, 6) is -0.294. The molecule has 0 radical (unpaired) electrons. The van der Waals surface area contributed by atoms with Crippen LogP contribution in [0.25, 0.3) is 0 Å². The van der Waals surface area contributed by atoms with Crippen LogP contribution in [0.3, 0.4) is 0 Å². The number of rotatable bonds is 2. The molecule has 0 amide bonds. The molecule has 0 saturated carbocycles. The second kappa shape index (κ2) is 3.76. The molecule has 0 fully saturated rings. The summed E-state index contributed by atoms with van der Waals surface area (Å²) < 4.78 is 12.4. The van der Waals surface area contributed by atoms with Gasteiger partial charge in [-0.3, -0.25) is 9.78 Å². The highest BCUT2D eigenvalue weighted by Gasteiger charge is 2.09. The minimum Gasteiger partial charge on any atom is -0.293 e. The van der Waals surface area contributed by atoms with E-state index in [1.165, 1.54) is 19.2 Å². The van der Waals surface area contributed by atoms with Gasteiger partial charge >= 0.3 is 0 Å². The van der Waals surface area contributed by atoms with E-state index in [0.717, 1.165) is 0 Å². The minimum atomic E-state index is -0.780. The van der Waals surface area contributed by atoms with Gasteiger partial charge in [-0.25, -0.2) is 4.39 Å². The zero-order valence-corrected chi connectivity index (χ0v) is 7.04. The first-order valence-corrected chi connectivity index (χ1v) is 3.65. The van der Waals surface area contributed by atoms with E-state index >= 15 is 0 Å². The van der Waals surface area contributed by atoms with Crippen molar-refractivity contribution in [1.29, 1.82) is 5.26 Å². The number of nitriles is 1. The summed E-state index contributed by atoms with van der Waals surface area (Å²) in [5.41, 5.74) is 0.533. The molecular weight excluding hydrogens is 171 g/mol. The standard InChI is InChI=1S/C9H7FN2O/c1-6(13)9-8(3-10)2-7(4-11)5-12-9/h2,5H,3H2,1H3. The van der Waals surface area contributed by atoms with E-state index in [9.17, 15) is 9.18 Å². The van der Waals surface area contributed by atoms with Crippen LogP contribution in [-0.2, 0) is 6.67 Å². The normalized spacial score (nSPS) is 9.31. The van der Waals surface area contributed by atoms with Crippen molar-refractivity contribution in [2.75, 3.05) is 0 Å². The fraction of sp³-hybridized carbons (Fsp3) is 0.222. The molecule has 1 rings (SSSR count). The molecule has 0 aromatic carbocycles. The van der Waals surface area contributed by atoms with Gasteiger partial charge in [0.05, 0.1) is 5.56 Å². The summed E-state index contributed by atoms with van der Waals surface area (Å²) in [5, 5.41) is 8.49. The zero-order valence-electron chi connectivity index (χ0n) is 7.04. The predicted molar refractivity (Wildman–Crippen MR) is 43.8 cm³/mol. The molecule has 0 unspecified atom stereocenters. The smallest absolute Gasteiger partial charge is 0.178 e. The van der Waals surface area contributed by atoms with E-state index < -0.39 is 6.67 Å². The molecule has 0 aliphatic carbocycles. The number of nitrogens with zero attached hydrogens (tertiary/aromatic N) is 2. The third-order valence-corrected chi connectivity index (χ3v) is 1.57. The highest BCUT2D eigenvalue weighted by molar-refractivity contribution is 5.93. The topological polar surface area (TPSA) is 53.8 Å². The molecule has 4 heteroatoms. The van der Waals surface area contributed by atoms with Gasteiger partial charge < -0.3 is 0 Å². The molecule has 0 spiro atoms. The summed E-state index contributed by atoms with van der Waals surface area (Å²) in [6, 6.07) is 3.16. The number of hydrogen-bond acceptors (Lipinski definition) is 3. The lowest BCUT2D eigenvalue weighted by Gasteiger charge is -2.00. The number of halogens is 1. The molecular formula is C9H7FN2O. The Morgan fingerprint density at radius 2 is 2.46 bits per heavy atom. The van der Waals surface area contributed by atoms with Crippen molar-refractivity contribution in [3.05, 3.63) is 29.1 Å². The molecule has 13 heavy (non-hydrogen) atoms. The van der Waals surface area contributed by atoms with Crippen LogP contribution in [0.1, 0.15) is 28.5 Å². The van der Waals surface area contributed by atoms with Crippen LogP contribution in [0.15, 0.2) is 12.3 Å². The quantitative estimate of drug-likeness (QED) is 0.646. The Balaban J connectivity index is 3.25. The van der Waals surface area contributed by atoms with Crippen LogP contribution in [0.4, 0.5) is 4.39 Å². The number of pyridine rings is 1. The van der Waals surface area contributed by atoms with Gasteiger partial charge in [-0.05, 0) is 6.07 Å². The highest BCUT2D eigenvalue weighted by atomic mass is 19.1. The van der Waals surface area contributed by atoms with Gasteiger partial charge in [0.15, 0.2) is 5.78 Å². The fourth-order valence-corrected chi connectivity index (χ4v) is 0.990. The van der Waals surface area contributed by atoms with Gasteiger partial charge in [-0.15, -0.1) is 0 Å². The van der Waals surface area contributed by atoms with E-state index in [2.05, 4.69) is 4.98 Å². The molecule has 1 aromatic rings. The van der Waals surface area contributed by atoms with E-state index in [1.54, 1.807) is 0 Å². The molecule has 0 atom stereocenters. The lowest BCUT2D eigenvalue weighted by Crippen LogP contribution is -2.02. The lowest BCUT2D eigenvalue weighted by atomic mass is 10.1. The second-order valence-electron chi connectivity index (χ2n) is 2.53. The average molecular weight is 178 g/mol. The van der Waals surface area contributed by atoms with Gasteiger partial charge in [0.25, 0.3) is 0 Å². The largest absolute Gasteiger partial charge is 0.293 e. The van der Waals surface area contributed by atoms with Gasteiger partial charge in [0.1, 0.15) is 18.4 Å². The van der Waals surface area contributed by atoms with E-state index in [4.69, 9.17) is 5.26 Å². The SMILES string of the molecule is CC(=O)c1ncc(C#N)cc1CF. The van der Waals surface area contributed by atoms with Crippen molar-refractivity contribution in [2.45, 2.75) is 13.6 Å². The van der Waals surface area contributed by atoms with Crippen LogP contribution >= 0.6 is 0 Å². The molecule has 0 aliphatic rings. The van der Waals surface area contributed by atoms with Crippen molar-refractivity contribution in [3.63, 3.8) is 0 Å². The maximum Gasteiger partial charge on any atom is 0.178 e. The highest BCUT2D eigenvalue weighted by Crippen LogP contribution is 2.10. The lowest BCUT2D eigenvalue weighted by molar-refractivity contribution is 0.101. The second-order valence-corrected chi connectivity index (χ2v) is 2.53. The van der Waals surface area contributed by atoms with E-state index in [1.807, 2.05) is 6.07 Å². The Kier molecular flexibility index (Phi) is 2.70. The van der Waals surface area contributed by atoms with Crippen LogP contribution < -0.4 is 0 Å². The maximum absolute atomic E-state index is 12.4. The number of carbonyl (C=O) groups excluding carboxylic acids is 1. The monoisotopic (exact) mass is 178 g/mol. The molecule has 0 saturated heterocycles. The number of hydrogen-bond donors (Lipinski definition) is 0. The number of Topliss-reactive ketones (excluding diaryl/α,β-unsaturated/α-hetero) is 1. The van der Waals surface area contributed by atoms with Crippen LogP contribution in [-0.4, -0.2) is 10.8 Å². The van der Waals surface area contributed by atoms with E-state index in [0.29, 0.717) is 0 Å². The molecule has 1 heterocycles. The third kappa shape index (κ3) is 1.88. The number of aromatic nitrogens is 1. The summed E-state index contributed by atoms with van der Waals surface area (Å²) in [7, 11) is 0. The molecule has 66 valence electrons. The average Bonchev–Trinajstić information content (AvgIpc) is 2.16. The van der Waals surface area contributed by atoms with Crippen LogP contribution in [0.5, 0.6) is 0 Å². The van der Waals surface area contributed by atoms with Crippen LogP contribution in [0.2, 0.25) is 0 Å². The van der Waals surface area contributed by atoms with Crippen molar-refractivity contribution < 1.29 is 9.18 Å². The van der Waals surface area contributed by atoms with Crippen molar-refractivity contribution in [1.82, 2.24) is 4.98 Å². The first kappa shape index (κ1) is 9.33. The summed E-state index contributed by atoms with van der Waals surface area (Å²) in [6.45, 7) is 0.533. The van der Waals surface area contributed by atoms with Gasteiger partial charge in [-0.1, -0.05) is 0 Å². The molecule has 0 N–H and O–H groups in total. The van der Waals surface area contributed by atoms with Gasteiger partial charge in [-0.2, -0.15) is 5.26 Å². The predicted octanol–water partition coefficient (Wildman–Crippen LogP) is 1.63.